The molecule has 0 saturated carbocycles. The molecule has 0 radical (unpaired) electrons. The molecule has 0 fully saturated rings. The van der Waals surface area contributed by atoms with Crippen LogP contribution in [0.1, 0.15) is 44.2 Å². The molecule has 4 nitrogen and oxygen atoms in total. The van der Waals surface area contributed by atoms with E-state index in [-0.39, 0.29) is 11.5 Å². The van der Waals surface area contributed by atoms with Crippen LogP contribution in [0.5, 0.6) is 0 Å². The van der Waals surface area contributed by atoms with Crippen LogP contribution in [-0.4, -0.2) is 17.6 Å². The Hall–Kier alpha value is -1.58. The highest BCUT2D eigenvalue weighted by atomic mass is 16.5. The lowest BCUT2D eigenvalue weighted by Crippen LogP contribution is -2.30. The average molecular weight is 265 g/mol. The maximum absolute atomic E-state index is 12.5. The van der Waals surface area contributed by atoms with Gasteiger partial charge in [-0.1, -0.05) is 20.8 Å². The Balaban J connectivity index is 3.33. The molecule has 0 saturated heterocycles. The number of hydrogen-bond acceptors (Lipinski definition) is 3. The van der Waals surface area contributed by atoms with E-state index >= 15 is 0 Å². The van der Waals surface area contributed by atoms with Crippen molar-refractivity contribution in [3.8, 4) is 0 Å². The molecule has 1 aromatic rings. The Morgan fingerprint density at radius 1 is 1.42 bits per heavy atom. The number of ether oxygens (including phenoxy) is 1. The van der Waals surface area contributed by atoms with E-state index in [0.29, 0.717) is 24.4 Å². The van der Waals surface area contributed by atoms with E-state index < -0.39 is 5.92 Å². The van der Waals surface area contributed by atoms with Gasteiger partial charge in [-0.05, 0) is 30.9 Å². The lowest BCUT2D eigenvalue weighted by Gasteiger charge is -2.17. The molecular formula is C15H23NO3. The zero-order chi connectivity index (χ0) is 14.6. The quantitative estimate of drug-likeness (QED) is 0.768. The van der Waals surface area contributed by atoms with E-state index in [0.717, 1.165) is 5.56 Å². The number of hydrogen-bond donors (Lipinski definition) is 0. The summed E-state index contributed by atoms with van der Waals surface area (Å²) in [6, 6.07) is 1.89. The van der Waals surface area contributed by atoms with Gasteiger partial charge in [0.15, 0.2) is 0 Å². The van der Waals surface area contributed by atoms with Gasteiger partial charge in [-0.15, -0.1) is 0 Å². The van der Waals surface area contributed by atoms with Gasteiger partial charge < -0.3 is 9.30 Å². The highest BCUT2D eigenvalue weighted by molar-refractivity contribution is 5.78. The number of aromatic nitrogens is 1. The summed E-state index contributed by atoms with van der Waals surface area (Å²) in [6.07, 6.45) is 2.36. The van der Waals surface area contributed by atoms with Gasteiger partial charge in [-0.25, -0.2) is 0 Å². The number of aryl methyl sites for hydroxylation is 1. The van der Waals surface area contributed by atoms with E-state index in [2.05, 4.69) is 13.8 Å². The van der Waals surface area contributed by atoms with Gasteiger partial charge in [0, 0.05) is 18.3 Å². The van der Waals surface area contributed by atoms with Crippen molar-refractivity contribution in [2.75, 3.05) is 7.11 Å². The fourth-order valence-electron chi connectivity index (χ4n) is 2.27. The predicted molar refractivity (Wildman–Crippen MR) is 75.3 cm³/mol. The lowest BCUT2D eigenvalue weighted by molar-refractivity contribution is -0.142. The third-order valence-electron chi connectivity index (χ3n) is 3.22. The maximum atomic E-state index is 12.5. The summed E-state index contributed by atoms with van der Waals surface area (Å²) in [6.45, 7) is 8.53. The SMILES string of the molecule is CCC(C(=O)OC)c1c(C)ccn(CC(C)C)c1=O. The predicted octanol–water partition coefficient (Wildman–Crippen LogP) is 2.48. The Bertz CT molecular complexity index is 503. The van der Waals surface area contributed by atoms with Crippen LogP contribution in [0.4, 0.5) is 0 Å². The summed E-state index contributed by atoms with van der Waals surface area (Å²) in [5, 5.41) is 0. The van der Waals surface area contributed by atoms with Crippen molar-refractivity contribution in [3.05, 3.63) is 33.7 Å². The summed E-state index contributed by atoms with van der Waals surface area (Å²) in [5.41, 5.74) is 1.34. The zero-order valence-electron chi connectivity index (χ0n) is 12.4. The minimum Gasteiger partial charge on any atom is -0.469 e. The molecule has 0 aliphatic carbocycles. The number of carbonyl (C=O) groups is 1. The van der Waals surface area contributed by atoms with Gasteiger partial charge in [0.25, 0.3) is 5.56 Å². The van der Waals surface area contributed by atoms with Crippen molar-refractivity contribution in [2.24, 2.45) is 5.92 Å². The number of methoxy groups -OCH3 is 1. The number of esters is 1. The molecule has 0 aromatic carbocycles. The first kappa shape index (κ1) is 15.5. The highest BCUT2D eigenvalue weighted by Gasteiger charge is 2.25. The van der Waals surface area contributed by atoms with Crippen molar-refractivity contribution < 1.29 is 9.53 Å². The van der Waals surface area contributed by atoms with Gasteiger partial charge in [0.1, 0.15) is 0 Å². The molecule has 1 atom stereocenters. The van der Waals surface area contributed by atoms with Crippen LogP contribution in [0.3, 0.4) is 0 Å². The summed E-state index contributed by atoms with van der Waals surface area (Å²) in [7, 11) is 1.36. The maximum Gasteiger partial charge on any atom is 0.313 e. The minimum absolute atomic E-state index is 0.0778. The molecular weight excluding hydrogens is 242 g/mol. The monoisotopic (exact) mass is 265 g/mol. The smallest absolute Gasteiger partial charge is 0.313 e. The van der Waals surface area contributed by atoms with E-state index in [1.807, 2.05) is 19.9 Å². The number of pyridine rings is 1. The normalized spacial score (nSPS) is 12.5. The molecule has 0 N–H and O–H groups in total. The van der Waals surface area contributed by atoms with Gasteiger partial charge in [-0.2, -0.15) is 0 Å². The van der Waals surface area contributed by atoms with Crippen molar-refractivity contribution in [3.63, 3.8) is 0 Å². The molecule has 4 heteroatoms. The van der Waals surface area contributed by atoms with Crippen molar-refractivity contribution in [2.45, 2.75) is 46.6 Å². The van der Waals surface area contributed by atoms with Crippen LogP contribution in [0.15, 0.2) is 17.1 Å². The molecule has 1 unspecified atom stereocenters. The topological polar surface area (TPSA) is 48.3 Å². The van der Waals surface area contributed by atoms with E-state index in [1.54, 1.807) is 10.8 Å². The van der Waals surface area contributed by atoms with E-state index in [9.17, 15) is 9.59 Å². The molecule has 0 aliphatic heterocycles. The fraction of sp³-hybridized carbons (Fsp3) is 0.600. The second kappa shape index (κ2) is 6.55. The average Bonchev–Trinajstić information content (AvgIpc) is 2.36. The first-order valence-electron chi connectivity index (χ1n) is 6.70. The van der Waals surface area contributed by atoms with Gasteiger partial charge >= 0.3 is 5.97 Å². The number of carbonyl (C=O) groups excluding carboxylic acids is 1. The third kappa shape index (κ3) is 3.46. The highest BCUT2D eigenvalue weighted by Crippen LogP contribution is 2.21. The molecule has 0 amide bonds. The molecule has 1 aromatic heterocycles. The first-order valence-corrected chi connectivity index (χ1v) is 6.70. The second-order valence-electron chi connectivity index (χ2n) is 5.25. The molecule has 0 bridgehead atoms. The summed E-state index contributed by atoms with van der Waals surface area (Å²) >= 11 is 0. The Morgan fingerprint density at radius 3 is 2.53 bits per heavy atom. The largest absolute Gasteiger partial charge is 0.469 e. The summed E-state index contributed by atoms with van der Waals surface area (Å²) in [4.78, 5) is 24.3. The summed E-state index contributed by atoms with van der Waals surface area (Å²) in [5.74, 6) is -0.437. The Morgan fingerprint density at radius 2 is 2.05 bits per heavy atom. The zero-order valence-corrected chi connectivity index (χ0v) is 12.4. The lowest BCUT2D eigenvalue weighted by atomic mass is 9.94. The van der Waals surface area contributed by atoms with Crippen LogP contribution < -0.4 is 5.56 Å². The van der Waals surface area contributed by atoms with Crippen LogP contribution in [0, 0.1) is 12.8 Å². The molecule has 1 heterocycles. The Labute approximate surface area is 114 Å². The fourth-order valence-corrected chi connectivity index (χ4v) is 2.27. The molecule has 0 aliphatic rings. The van der Waals surface area contributed by atoms with Crippen LogP contribution in [-0.2, 0) is 16.1 Å². The van der Waals surface area contributed by atoms with Crippen LogP contribution in [0.25, 0.3) is 0 Å². The van der Waals surface area contributed by atoms with E-state index in [1.165, 1.54) is 7.11 Å². The van der Waals surface area contributed by atoms with Crippen molar-refractivity contribution >= 4 is 5.97 Å². The van der Waals surface area contributed by atoms with Crippen LogP contribution >= 0.6 is 0 Å². The molecule has 19 heavy (non-hydrogen) atoms. The van der Waals surface area contributed by atoms with Crippen molar-refractivity contribution in [1.82, 2.24) is 4.57 Å². The van der Waals surface area contributed by atoms with Gasteiger partial charge in [0.05, 0.1) is 13.0 Å². The van der Waals surface area contributed by atoms with E-state index in [4.69, 9.17) is 4.74 Å². The third-order valence-corrected chi connectivity index (χ3v) is 3.22. The van der Waals surface area contributed by atoms with Gasteiger partial charge in [0.2, 0.25) is 0 Å². The van der Waals surface area contributed by atoms with Crippen molar-refractivity contribution in [1.29, 1.82) is 0 Å². The number of nitrogens with zero attached hydrogens (tertiary/aromatic N) is 1. The number of rotatable bonds is 5. The molecule has 0 spiro atoms. The minimum atomic E-state index is -0.475. The molecule has 106 valence electrons. The standard InChI is InChI=1S/C15H23NO3/c1-6-12(15(18)19-5)13-11(4)7-8-16(14(13)17)9-10(2)3/h7-8,10,12H,6,9H2,1-5H3. The first-order chi connectivity index (χ1) is 8.92. The molecule has 1 rings (SSSR count). The summed E-state index contributed by atoms with van der Waals surface area (Å²) < 4.78 is 6.48. The van der Waals surface area contributed by atoms with Gasteiger partial charge in [-0.3, -0.25) is 9.59 Å². The Kier molecular flexibility index (Phi) is 5.33. The van der Waals surface area contributed by atoms with Crippen LogP contribution in [0.2, 0.25) is 0 Å². The second-order valence-corrected chi connectivity index (χ2v) is 5.25.